The average Bonchev–Trinajstić information content (AvgIpc) is 2.26. The lowest BCUT2D eigenvalue weighted by molar-refractivity contribution is -0.139. The fourth-order valence-electron chi connectivity index (χ4n) is 1.44. The highest BCUT2D eigenvalue weighted by atomic mass is 19.4. The second-order valence-corrected chi connectivity index (χ2v) is 3.90. The molecular weight excluding hydrogens is 265 g/mol. The minimum Gasteiger partial charge on any atom is -0.428 e. The van der Waals surface area contributed by atoms with Crippen LogP contribution in [0.15, 0.2) is 24.3 Å². The van der Waals surface area contributed by atoms with E-state index in [0.717, 1.165) is 19.1 Å². The Bertz CT molecular complexity index is 516. The van der Waals surface area contributed by atoms with Crippen molar-refractivity contribution in [2.75, 3.05) is 0 Å². The number of amides is 2. The van der Waals surface area contributed by atoms with Gasteiger partial charge >= 0.3 is 12.3 Å². The van der Waals surface area contributed by atoms with Gasteiger partial charge in [0.05, 0.1) is 5.56 Å². The first-order chi connectivity index (χ1) is 8.57. The van der Waals surface area contributed by atoms with Crippen molar-refractivity contribution in [1.82, 2.24) is 0 Å². The molecule has 0 heterocycles. The van der Waals surface area contributed by atoms with Gasteiger partial charge in [-0.3, -0.25) is 4.79 Å². The number of alkyl halides is 3. The second-order valence-electron chi connectivity index (χ2n) is 3.90. The predicted molar refractivity (Wildman–Crippen MR) is 58.7 cm³/mol. The van der Waals surface area contributed by atoms with Crippen molar-refractivity contribution >= 4 is 12.0 Å². The highest BCUT2D eigenvalue weighted by molar-refractivity contribution is 5.87. The van der Waals surface area contributed by atoms with Gasteiger partial charge in [0.2, 0.25) is 5.60 Å². The molecule has 1 aromatic carbocycles. The Balaban J connectivity index is 3.32. The third-order valence-electron chi connectivity index (χ3n) is 2.52. The average molecular weight is 276 g/mol. The minimum atomic E-state index is -4.60. The third kappa shape index (κ3) is 3.15. The summed E-state index contributed by atoms with van der Waals surface area (Å²) in [6, 6.07) is 3.75. The summed E-state index contributed by atoms with van der Waals surface area (Å²) in [7, 11) is 0. The van der Waals surface area contributed by atoms with E-state index >= 15 is 0 Å². The first kappa shape index (κ1) is 14.8. The van der Waals surface area contributed by atoms with Gasteiger partial charge in [-0.2, -0.15) is 13.2 Å². The number of halogens is 3. The van der Waals surface area contributed by atoms with Gasteiger partial charge in [-0.25, -0.2) is 4.79 Å². The van der Waals surface area contributed by atoms with Gasteiger partial charge in [0.25, 0.3) is 5.91 Å². The third-order valence-corrected chi connectivity index (χ3v) is 2.52. The fraction of sp³-hybridized carbons (Fsp3) is 0.273. The molecule has 0 fully saturated rings. The second kappa shape index (κ2) is 4.79. The van der Waals surface area contributed by atoms with Crippen molar-refractivity contribution in [3.05, 3.63) is 35.4 Å². The first-order valence-electron chi connectivity index (χ1n) is 5.03. The van der Waals surface area contributed by atoms with Crippen LogP contribution in [0.1, 0.15) is 18.1 Å². The van der Waals surface area contributed by atoms with Crippen LogP contribution in [0.4, 0.5) is 18.0 Å². The van der Waals surface area contributed by atoms with Gasteiger partial charge in [0.1, 0.15) is 0 Å². The molecule has 2 amide bonds. The van der Waals surface area contributed by atoms with E-state index in [1.807, 2.05) is 0 Å². The molecule has 5 nitrogen and oxygen atoms in total. The molecule has 104 valence electrons. The number of rotatable bonds is 3. The van der Waals surface area contributed by atoms with Gasteiger partial charge in [0, 0.05) is 5.56 Å². The highest BCUT2D eigenvalue weighted by Crippen LogP contribution is 2.33. The molecule has 0 aliphatic carbocycles. The van der Waals surface area contributed by atoms with Crippen LogP contribution in [0.3, 0.4) is 0 Å². The molecule has 1 aromatic rings. The molecule has 0 aliphatic heterocycles. The Hall–Kier alpha value is -2.25. The van der Waals surface area contributed by atoms with Gasteiger partial charge in [0.15, 0.2) is 0 Å². The van der Waals surface area contributed by atoms with Crippen molar-refractivity contribution in [3.8, 4) is 0 Å². The highest BCUT2D eigenvalue weighted by Gasteiger charge is 2.39. The molecule has 0 saturated carbocycles. The van der Waals surface area contributed by atoms with Crippen molar-refractivity contribution in [3.63, 3.8) is 0 Å². The number of hydrogen-bond acceptors (Lipinski definition) is 3. The summed E-state index contributed by atoms with van der Waals surface area (Å²) in [5.41, 5.74) is 6.57. The minimum absolute atomic E-state index is 0.214. The maximum Gasteiger partial charge on any atom is 0.416 e. The van der Waals surface area contributed by atoms with Crippen LogP contribution >= 0.6 is 0 Å². The van der Waals surface area contributed by atoms with Gasteiger partial charge < -0.3 is 16.2 Å². The molecule has 8 heteroatoms. The molecule has 0 saturated heterocycles. The summed E-state index contributed by atoms with van der Waals surface area (Å²) in [5, 5.41) is 0. The summed E-state index contributed by atoms with van der Waals surface area (Å²) >= 11 is 0. The summed E-state index contributed by atoms with van der Waals surface area (Å²) in [6.07, 6.45) is -5.92. The molecule has 19 heavy (non-hydrogen) atoms. The summed E-state index contributed by atoms with van der Waals surface area (Å²) < 4.78 is 42.3. The Morgan fingerprint density at radius 3 is 2.11 bits per heavy atom. The number of carbonyl (C=O) groups is 2. The van der Waals surface area contributed by atoms with E-state index in [0.29, 0.717) is 6.07 Å². The SMILES string of the molecule is C[C@@](OC(N)=O)(C(N)=O)c1cccc(C(F)(F)F)c1. The number of ether oxygens (including phenoxy) is 1. The number of hydrogen-bond donors (Lipinski definition) is 2. The van der Waals surface area contributed by atoms with Crippen LogP contribution in [-0.4, -0.2) is 12.0 Å². The zero-order chi connectivity index (χ0) is 14.8. The largest absolute Gasteiger partial charge is 0.428 e. The van der Waals surface area contributed by atoms with E-state index < -0.39 is 29.3 Å². The monoisotopic (exact) mass is 276 g/mol. The molecule has 0 radical (unpaired) electrons. The van der Waals surface area contributed by atoms with Crippen molar-refractivity contribution < 1.29 is 27.5 Å². The molecular formula is C11H11F3N2O3. The lowest BCUT2D eigenvalue weighted by Crippen LogP contribution is -2.43. The smallest absolute Gasteiger partial charge is 0.416 e. The van der Waals surface area contributed by atoms with E-state index in [2.05, 4.69) is 4.74 Å². The quantitative estimate of drug-likeness (QED) is 0.875. The molecule has 0 bridgehead atoms. The van der Waals surface area contributed by atoms with E-state index in [1.54, 1.807) is 0 Å². The lowest BCUT2D eigenvalue weighted by atomic mass is 9.93. The number of primary amides is 2. The maximum absolute atomic E-state index is 12.6. The zero-order valence-corrected chi connectivity index (χ0v) is 9.82. The Morgan fingerprint density at radius 1 is 1.16 bits per heavy atom. The van der Waals surface area contributed by atoms with Crippen LogP contribution in [0.5, 0.6) is 0 Å². The van der Waals surface area contributed by atoms with Crippen LogP contribution < -0.4 is 11.5 Å². The summed E-state index contributed by atoms with van der Waals surface area (Å²) in [6.45, 7) is 1.07. The Kier molecular flexibility index (Phi) is 3.73. The van der Waals surface area contributed by atoms with Crippen LogP contribution in [0.2, 0.25) is 0 Å². The van der Waals surface area contributed by atoms with Crippen LogP contribution in [-0.2, 0) is 21.3 Å². The topological polar surface area (TPSA) is 95.4 Å². The molecule has 1 atom stereocenters. The summed E-state index contributed by atoms with van der Waals surface area (Å²) in [4.78, 5) is 22.1. The molecule has 1 rings (SSSR count). The lowest BCUT2D eigenvalue weighted by Gasteiger charge is -2.26. The molecule has 0 spiro atoms. The van der Waals surface area contributed by atoms with E-state index in [-0.39, 0.29) is 5.56 Å². The molecule has 0 aliphatic rings. The Labute approximate surface area is 106 Å². The van der Waals surface area contributed by atoms with Crippen molar-refractivity contribution in [2.24, 2.45) is 11.5 Å². The van der Waals surface area contributed by atoms with Crippen LogP contribution in [0.25, 0.3) is 0 Å². The normalized spacial score (nSPS) is 14.5. The van der Waals surface area contributed by atoms with E-state index in [4.69, 9.17) is 11.5 Å². The van der Waals surface area contributed by atoms with Gasteiger partial charge in [-0.05, 0) is 19.1 Å². The van der Waals surface area contributed by atoms with Crippen molar-refractivity contribution in [2.45, 2.75) is 18.7 Å². The first-order valence-corrected chi connectivity index (χ1v) is 5.03. The zero-order valence-electron chi connectivity index (χ0n) is 9.82. The van der Waals surface area contributed by atoms with E-state index in [1.165, 1.54) is 6.07 Å². The maximum atomic E-state index is 12.6. The Morgan fingerprint density at radius 2 is 1.68 bits per heavy atom. The number of benzene rings is 1. The number of nitrogens with two attached hydrogens (primary N) is 2. The summed E-state index contributed by atoms with van der Waals surface area (Å²) in [5.74, 6) is -1.13. The molecule has 0 aromatic heterocycles. The number of carbonyl (C=O) groups excluding carboxylic acids is 2. The van der Waals surface area contributed by atoms with Gasteiger partial charge in [-0.15, -0.1) is 0 Å². The standard InChI is InChI=1S/C11H11F3N2O3/c1-10(8(15)17,19-9(16)18)6-3-2-4-7(5-6)11(12,13)14/h2-5H,1H3,(H2,15,17)(H2,16,18)/t10-/m0/s1. The van der Waals surface area contributed by atoms with E-state index in [9.17, 15) is 22.8 Å². The van der Waals surface area contributed by atoms with Crippen LogP contribution in [0, 0.1) is 0 Å². The molecule has 0 unspecified atom stereocenters. The van der Waals surface area contributed by atoms with Gasteiger partial charge in [-0.1, -0.05) is 12.1 Å². The predicted octanol–water partition coefficient (Wildman–Crippen LogP) is 1.50. The van der Waals surface area contributed by atoms with Crippen molar-refractivity contribution in [1.29, 1.82) is 0 Å². The fourth-order valence-corrected chi connectivity index (χ4v) is 1.44. The molecule has 4 N–H and O–H groups in total.